The van der Waals surface area contributed by atoms with Crippen LogP contribution < -0.4 is 0 Å². The predicted octanol–water partition coefficient (Wildman–Crippen LogP) is 9.65. The minimum Gasteiger partial charge on any atom is -0.204 e. The van der Waals surface area contributed by atoms with Crippen molar-refractivity contribution >= 4 is 8.80 Å². The van der Waals surface area contributed by atoms with E-state index in [1.807, 2.05) is 12.1 Å². The van der Waals surface area contributed by atoms with E-state index in [1.54, 1.807) is 18.1 Å². The van der Waals surface area contributed by atoms with Crippen LogP contribution in [0.4, 0.5) is 13.2 Å². The van der Waals surface area contributed by atoms with Crippen LogP contribution in [0.3, 0.4) is 0 Å². The van der Waals surface area contributed by atoms with Crippen molar-refractivity contribution in [2.75, 3.05) is 0 Å². The van der Waals surface area contributed by atoms with Crippen LogP contribution >= 0.6 is 0 Å². The monoisotopic (exact) mass is 486 g/mol. The van der Waals surface area contributed by atoms with E-state index in [2.05, 4.69) is 19.1 Å². The lowest BCUT2D eigenvalue weighted by atomic mass is 9.76. The molecular formula is C30H41F3Si. The maximum atomic E-state index is 13.6. The van der Waals surface area contributed by atoms with Crippen molar-refractivity contribution in [2.24, 2.45) is 11.8 Å². The van der Waals surface area contributed by atoms with Crippen molar-refractivity contribution in [1.82, 2.24) is 0 Å². The fourth-order valence-corrected chi connectivity index (χ4v) is 10.0. The summed E-state index contributed by atoms with van der Waals surface area (Å²) >= 11 is 0. The van der Waals surface area contributed by atoms with Crippen LogP contribution in [-0.4, -0.2) is 8.80 Å². The number of halogens is 3. The van der Waals surface area contributed by atoms with E-state index < -0.39 is 17.5 Å². The topological polar surface area (TPSA) is 0 Å². The highest BCUT2D eigenvalue weighted by Crippen LogP contribution is 2.40. The summed E-state index contributed by atoms with van der Waals surface area (Å²) in [5.41, 5.74) is 2.42. The van der Waals surface area contributed by atoms with Crippen LogP contribution in [0.15, 0.2) is 36.4 Å². The molecule has 0 radical (unpaired) electrons. The number of hydrogen-bond acceptors (Lipinski definition) is 0. The van der Waals surface area contributed by atoms with E-state index >= 15 is 0 Å². The molecule has 0 amide bonds. The largest absolute Gasteiger partial charge is 0.204 e. The summed E-state index contributed by atoms with van der Waals surface area (Å²) in [6.07, 6.45) is 15.3. The Morgan fingerprint density at radius 3 is 1.91 bits per heavy atom. The third-order valence-electron chi connectivity index (χ3n) is 8.71. The molecule has 1 aliphatic heterocycles. The van der Waals surface area contributed by atoms with Gasteiger partial charge in [0.25, 0.3) is 0 Å². The molecule has 1 saturated carbocycles. The lowest BCUT2D eigenvalue weighted by molar-refractivity contribution is 0.280. The maximum Gasteiger partial charge on any atom is 0.194 e. The molecule has 1 heterocycles. The number of rotatable bonds is 9. The summed E-state index contributed by atoms with van der Waals surface area (Å²) in [7, 11) is -0.384. The van der Waals surface area contributed by atoms with Crippen molar-refractivity contribution in [3.63, 3.8) is 0 Å². The van der Waals surface area contributed by atoms with Gasteiger partial charge in [-0.1, -0.05) is 94.3 Å². The van der Waals surface area contributed by atoms with Crippen LogP contribution in [0.1, 0.15) is 89.0 Å². The summed E-state index contributed by atoms with van der Waals surface area (Å²) in [5.74, 6) is -1.22. The minimum atomic E-state index is -1.41. The van der Waals surface area contributed by atoms with Gasteiger partial charge in [-0.15, -0.1) is 0 Å². The van der Waals surface area contributed by atoms with Gasteiger partial charge in [-0.05, 0) is 72.3 Å². The van der Waals surface area contributed by atoms with Gasteiger partial charge in [-0.2, -0.15) is 0 Å². The van der Waals surface area contributed by atoms with E-state index in [1.165, 1.54) is 76.2 Å². The third kappa shape index (κ3) is 6.77. The second kappa shape index (κ2) is 12.4. The zero-order chi connectivity index (χ0) is 23.9. The molecule has 0 nitrogen and oxygen atoms in total. The molecule has 0 bridgehead atoms. The third-order valence-corrected chi connectivity index (χ3v) is 12.2. The van der Waals surface area contributed by atoms with Crippen LogP contribution in [0.5, 0.6) is 0 Å². The van der Waals surface area contributed by atoms with Crippen molar-refractivity contribution in [3.05, 3.63) is 59.4 Å². The van der Waals surface area contributed by atoms with Gasteiger partial charge < -0.3 is 0 Å². The zero-order valence-corrected chi connectivity index (χ0v) is 22.0. The number of unbranched alkanes of at least 4 members (excludes halogenated alkanes) is 2. The van der Waals surface area contributed by atoms with Crippen molar-refractivity contribution < 1.29 is 13.2 Å². The molecule has 2 aliphatic rings. The molecule has 186 valence electrons. The normalized spacial score (nSPS) is 25.4. The van der Waals surface area contributed by atoms with E-state index in [0.717, 1.165) is 29.5 Å². The highest BCUT2D eigenvalue weighted by Gasteiger charge is 2.25. The molecule has 1 aliphatic carbocycles. The van der Waals surface area contributed by atoms with Crippen LogP contribution in [0.2, 0.25) is 18.1 Å². The minimum absolute atomic E-state index is 0.379. The van der Waals surface area contributed by atoms with Gasteiger partial charge in [-0.25, -0.2) is 13.2 Å². The van der Waals surface area contributed by atoms with Gasteiger partial charge >= 0.3 is 0 Å². The second-order valence-corrected chi connectivity index (χ2v) is 14.5. The SMILES string of the molecule is CCCCC[Si@H]1CC[C@H](CC[C@H]2CC[C@H](c3ccc(-c4cc(F)c(F)c(F)c4)cc3)CC2)CC1. The Hall–Kier alpha value is -1.55. The predicted molar refractivity (Wildman–Crippen MR) is 140 cm³/mol. The van der Waals surface area contributed by atoms with Gasteiger partial charge in [0.1, 0.15) is 0 Å². The highest BCUT2D eigenvalue weighted by molar-refractivity contribution is 6.58. The Bertz CT molecular complexity index is 871. The van der Waals surface area contributed by atoms with Crippen LogP contribution in [0.25, 0.3) is 11.1 Å². The van der Waals surface area contributed by atoms with Gasteiger partial charge in [0.2, 0.25) is 0 Å². The Balaban J connectivity index is 1.19. The van der Waals surface area contributed by atoms with Crippen molar-refractivity contribution in [2.45, 2.75) is 102 Å². The molecule has 1 saturated heterocycles. The van der Waals surface area contributed by atoms with Crippen LogP contribution in [-0.2, 0) is 0 Å². The van der Waals surface area contributed by atoms with E-state index in [9.17, 15) is 13.2 Å². The zero-order valence-electron chi connectivity index (χ0n) is 20.8. The van der Waals surface area contributed by atoms with Crippen molar-refractivity contribution in [3.8, 4) is 11.1 Å². The van der Waals surface area contributed by atoms with E-state index in [4.69, 9.17) is 0 Å². The smallest absolute Gasteiger partial charge is 0.194 e. The molecule has 4 heteroatoms. The van der Waals surface area contributed by atoms with E-state index in [-0.39, 0.29) is 8.80 Å². The average Bonchev–Trinajstić information content (AvgIpc) is 2.87. The highest BCUT2D eigenvalue weighted by atomic mass is 28.3. The maximum absolute atomic E-state index is 13.6. The fourth-order valence-electron chi connectivity index (χ4n) is 6.42. The van der Waals surface area contributed by atoms with E-state index in [0.29, 0.717) is 11.5 Å². The summed E-state index contributed by atoms with van der Waals surface area (Å²) < 4.78 is 40.4. The first-order valence-corrected chi connectivity index (χ1v) is 16.2. The molecular weight excluding hydrogens is 445 g/mol. The second-order valence-electron chi connectivity index (χ2n) is 11.1. The summed E-state index contributed by atoms with van der Waals surface area (Å²) in [5, 5.41) is 0. The van der Waals surface area contributed by atoms with Gasteiger partial charge in [0, 0.05) is 8.80 Å². The quantitative estimate of drug-likeness (QED) is 0.188. The molecule has 2 aromatic rings. The molecule has 2 fully saturated rings. The molecule has 0 unspecified atom stereocenters. The summed E-state index contributed by atoms with van der Waals surface area (Å²) in [4.78, 5) is 0. The first-order chi connectivity index (χ1) is 16.5. The molecule has 0 atom stereocenters. The lowest BCUT2D eigenvalue weighted by Gasteiger charge is -2.32. The summed E-state index contributed by atoms with van der Waals surface area (Å²) in [6.45, 7) is 2.31. The van der Waals surface area contributed by atoms with Gasteiger partial charge in [0.15, 0.2) is 17.5 Å². The molecule has 0 aromatic heterocycles. The lowest BCUT2D eigenvalue weighted by Crippen LogP contribution is -2.22. The standard InChI is InChI=1S/C30H41F3Si/c1-2-3-4-17-34-18-15-23(16-19-34)6-5-22-7-9-24(10-8-22)25-11-13-26(14-12-25)27-20-28(31)30(33)29(32)21-27/h11-14,20-24,34H,2-10,15-19H2,1H3/t22-,23-,24-,34-. The summed E-state index contributed by atoms with van der Waals surface area (Å²) in [6, 6.07) is 14.9. The Labute approximate surface area is 206 Å². The van der Waals surface area contributed by atoms with Gasteiger partial charge in [0.05, 0.1) is 0 Å². The molecule has 0 spiro atoms. The average molecular weight is 487 g/mol. The molecule has 2 aromatic carbocycles. The Kier molecular flexibility index (Phi) is 9.33. The molecule has 4 rings (SSSR count). The van der Waals surface area contributed by atoms with Crippen molar-refractivity contribution in [1.29, 1.82) is 0 Å². The first-order valence-electron chi connectivity index (χ1n) is 13.8. The fraction of sp³-hybridized carbons (Fsp3) is 0.600. The number of hydrogen-bond donors (Lipinski definition) is 0. The molecule has 0 N–H and O–H groups in total. The Morgan fingerprint density at radius 1 is 0.735 bits per heavy atom. The van der Waals surface area contributed by atoms with Crippen LogP contribution in [0, 0.1) is 29.3 Å². The first kappa shape index (κ1) is 25.5. The van der Waals surface area contributed by atoms with Gasteiger partial charge in [-0.3, -0.25) is 0 Å². The molecule has 34 heavy (non-hydrogen) atoms. The Morgan fingerprint density at radius 2 is 1.32 bits per heavy atom. The number of benzene rings is 2.